The summed E-state index contributed by atoms with van der Waals surface area (Å²) in [4.78, 5) is 33.9. The van der Waals surface area contributed by atoms with E-state index in [0.717, 1.165) is 43.1 Å². The van der Waals surface area contributed by atoms with Gasteiger partial charge in [0.2, 0.25) is 16.4 Å². The molecule has 8 aromatic rings. The highest BCUT2D eigenvalue weighted by atomic mass is 35.5. The van der Waals surface area contributed by atoms with Gasteiger partial charge in [-0.3, -0.25) is 0 Å². The lowest BCUT2D eigenvalue weighted by Crippen LogP contribution is -2.42. The highest BCUT2D eigenvalue weighted by Gasteiger charge is 2.35. The van der Waals surface area contributed by atoms with Crippen LogP contribution >= 0.6 is 23.2 Å². The molecule has 2 aliphatic heterocycles. The van der Waals surface area contributed by atoms with Crippen LogP contribution in [0, 0.1) is 29.3 Å². The van der Waals surface area contributed by atoms with Crippen molar-refractivity contribution in [2.75, 3.05) is 49.9 Å². The van der Waals surface area contributed by atoms with Crippen molar-refractivity contribution in [3.63, 3.8) is 0 Å². The zero-order valence-electron chi connectivity index (χ0n) is 36.7. The summed E-state index contributed by atoms with van der Waals surface area (Å²) < 4.78 is 99.3. The van der Waals surface area contributed by atoms with Crippen molar-refractivity contribution in [2.45, 2.75) is 35.6 Å². The highest BCUT2D eigenvalue weighted by molar-refractivity contribution is 7.89. The molecule has 9 heterocycles. The number of rotatable bonds is 12. The van der Waals surface area contributed by atoms with Crippen LogP contribution in [0.1, 0.15) is 25.7 Å². The Balaban J connectivity index is 0.000000172. The number of halogens is 5. The van der Waals surface area contributed by atoms with E-state index in [9.17, 15) is 30.0 Å². The third kappa shape index (κ3) is 10.4. The van der Waals surface area contributed by atoms with Gasteiger partial charge in [0.15, 0.2) is 34.9 Å². The summed E-state index contributed by atoms with van der Waals surface area (Å²) in [6, 6.07) is 8.80. The summed E-state index contributed by atoms with van der Waals surface area (Å²) in [5.41, 5.74) is 2.51. The van der Waals surface area contributed by atoms with Gasteiger partial charge in [0.25, 0.3) is 15.0 Å². The average molecular weight is 1020 g/mol. The van der Waals surface area contributed by atoms with E-state index in [0.29, 0.717) is 76.3 Å². The van der Waals surface area contributed by atoms with Crippen molar-refractivity contribution in [1.82, 2.24) is 53.5 Å². The third-order valence-corrected chi connectivity index (χ3v) is 16.0. The maximum atomic E-state index is 14.5. The molecule has 1 aromatic carbocycles. The largest absolute Gasteiger partial charge is 0.367 e. The number of hydrogen-bond acceptors (Lipinski definition) is 12. The Hall–Kier alpha value is -6.24. The van der Waals surface area contributed by atoms with Crippen LogP contribution in [0.15, 0.2) is 96.0 Å². The van der Waals surface area contributed by atoms with Crippen molar-refractivity contribution >= 4 is 77.0 Å². The van der Waals surface area contributed by atoms with Gasteiger partial charge in [0.1, 0.15) is 28.2 Å². The maximum Gasteiger partial charge on any atom is 0.283 e. The number of imidazole rings is 1. The first-order chi connectivity index (χ1) is 33.1. The molecule has 0 aliphatic carbocycles. The molecule has 10 rings (SSSR count). The number of anilines is 2. The van der Waals surface area contributed by atoms with E-state index in [2.05, 4.69) is 55.5 Å². The molecular weight excluding hydrogens is 981 g/mol. The van der Waals surface area contributed by atoms with Crippen LogP contribution in [0.25, 0.3) is 44.8 Å². The molecule has 7 aromatic heterocycles. The smallest absolute Gasteiger partial charge is 0.283 e. The molecule has 69 heavy (non-hydrogen) atoms. The molecule has 2 fully saturated rings. The lowest BCUT2D eigenvalue weighted by atomic mass is 10.00. The Morgan fingerprint density at radius 3 is 1.70 bits per heavy atom. The molecule has 360 valence electrons. The molecule has 0 saturated carbocycles. The standard InChI is InChI=1S/C23H21ClF2N6O2S.C21H22ClFN8O2S/c24-15-8-16-17(11-29-21(16)28-10-15)22-30-12-19(26)23(31-22)27-9-14-4-3-7-32(13-14)35(33,34)20-6-2-1-5-18(20)25;1-30-11-18(28-12-30)34(32,33)31-4-2-3-13(10-31)6-24-21-17(23)9-27-20(29-21)16-8-26-19-15(16)5-14(22)7-25-19/h1-2,5-6,8,10-12,14H,3-4,7,9,13H2,(H,28,29)(H,27,30,31);5,7-9,11-13H,2-4,6,10H2,1H3,(H2,24,25,26,27,29)/p+1. The molecule has 25 heteroatoms. The van der Waals surface area contributed by atoms with Gasteiger partial charge in [0, 0.05) is 86.0 Å². The summed E-state index contributed by atoms with van der Waals surface area (Å²) in [5.74, 6) is -1.42. The quantitative estimate of drug-likeness (QED) is 0.0785. The zero-order valence-corrected chi connectivity index (χ0v) is 39.8. The number of nitrogens with zero attached hydrogens (tertiary/aromatic N) is 9. The minimum absolute atomic E-state index is 0.00106. The Labute approximate surface area is 403 Å². The van der Waals surface area contributed by atoms with E-state index < -0.39 is 37.5 Å². The molecule has 2 saturated heterocycles. The summed E-state index contributed by atoms with van der Waals surface area (Å²) >= 11 is 12.1. The van der Waals surface area contributed by atoms with Crippen LogP contribution in [0.2, 0.25) is 10.0 Å². The number of pyridine rings is 2. The predicted octanol–water partition coefficient (Wildman–Crippen LogP) is 6.94. The van der Waals surface area contributed by atoms with Crippen molar-refractivity contribution in [2.24, 2.45) is 18.9 Å². The number of piperidine rings is 2. The van der Waals surface area contributed by atoms with Crippen LogP contribution in [0.4, 0.5) is 24.8 Å². The number of hydrogen-bond donors (Lipinski definition) is 5. The SMILES string of the molecule is C[n+]1c[nH]c(S(=O)(=O)N2CCCC(CNc3nc(-c4c[nH]c5ncc(Cl)cc45)ncc3F)C2)c1.O=S(=O)(c1ccccc1F)N1CCCC(CNc2nc(-c3c[nH]c4ncc(Cl)cc34)ncc2F)C1. The molecule has 0 radical (unpaired) electrons. The summed E-state index contributed by atoms with van der Waals surface area (Å²) in [6.45, 7) is 1.94. The number of fused-ring (bicyclic) bond motifs is 2. The van der Waals surface area contributed by atoms with E-state index in [-0.39, 0.29) is 52.3 Å². The lowest BCUT2D eigenvalue weighted by molar-refractivity contribution is -0.671. The van der Waals surface area contributed by atoms with Crippen LogP contribution in [0.3, 0.4) is 0 Å². The summed E-state index contributed by atoms with van der Waals surface area (Å²) in [5, 5.41) is 8.56. The molecule has 0 spiro atoms. The monoisotopic (exact) mass is 1020 g/mol. The highest BCUT2D eigenvalue weighted by Crippen LogP contribution is 2.31. The lowest BCUT2D eigenvalue weighted by Gasteiger charge is -2.32. The summed E-state index contributed by atoms with van der Waals surface area (Å²) in [6.07, 6.45) is 14.7. The number of aryl methyl sites for hydroxylation is 1. The third-order valence-electron chi connectivity index (χ3n) is 11.8. The first kappa shape index (κ1) is 47.8. The van der Waals surface area contributed by atoms with Gasteiger partial charge in [-0.2, -0.15) is 8.61 Å². The number of H-pyrrole nitrogens is 3. The number of sulfonamides is 2. The minimum atomic E-state index is -3.97. The number of nitrogens with one attached hydrogen (secondary N) is 5. The fourth-order valence-electron chi connectivity index (χ4n) is 8.37. The Kier molecular flexibility index (Phi) is 13.9. The zero-order chi connectivity index (χ0) is 48.5. The van der Waals surface area contributed by atoms with E-state index in [1.165, 1.54) is 39.2 Å². The topological polar surface area (TPSA) is 227 Å². The molecular formula is C44H44Cl2F3N14O4S2+. The normalized spacial score (nSPS) is 17.2. The summed E-state index contributed by atoms with van der Waals surface area (Å²) in [7, 11) is -5.83. The second-order valence-electron chi connectivity index (χ2n) is 16.7. The fraction of sp³-hybridized carbons (Fsp3) is 0.295. The predicted molar refractivity (Wildman–Crippen MR) is 252 cm³/mol. The van der Waals surface area contributed by atoms with Gasteiger partial charge in [-0.05, 0) is 61.8 Å². The van der Waals surface area contributed by atoms with E-state index in [4.69, 9.17) is 23.2 Å². The van der Waals surface area contributed by atoms with E-state index in [1.54, 1.807) is 48.7 Å². The molecule has 18 nitrogen and oxygen atoms in total. The Bertz CT molecular complexity index is 3400. The second kappa shape index (κ2) is 20.0. The molecule has 2 aliphatic rings. The number of aromatic amines is 3. The number of aromatic nitrogens is 10. The molecule has 2 atom stereocenters. The fourth-order valence-corrected chi connectivity index (χ4v) is 11.9. The van der Waals surface area contributed by atoms with Gasteiger partial charge >= 0.3 is 0 Å². The first-order valence-corrected chi connectivity index (χ1v) is 25.3. The molecule has 0 bridgehead atoms. The van der Waals surface area contributed by atoms with E-state index in [1.807, 2.05) is 0 Å². The maximum absolute atomic E-state index is 14.5. The second-order valence-corrected chi connectivity index (χ2v) is 21.3. The number of benzene rings is 1. The van der Waals surface area contributed by atoms with Crippen LogP contribution in [0.5, 0.6) is 0 Å². The van der Waals surface area contributed by atoms with E-state index >= 15 is 0 Å². The van der Waals surface area contributed by atoms with Gasteiger partial charge in [-0.25, -0.2) is 69.5 Å². The van der Waals surface area contributed by atoms with Gasteiger partial charge < -0.3 is 20.6 Å². The van der Waals surface area contributed by atoms with Crippen molar-refractivity contribution in [3.05, 3.63) is 114 Å². The van der Waals surface area contributed by atoms with Crippen LogP contribution in [-0.2, 0) is 27.1 Å². The van der Waals surface area contributed by atoms with Crippen LogP contribution in [-0.4, -0.2) is 110 Å². The Morgan fingerprint density at radius 2 is 1.20 bits per heavy atom. The first-order valence-electron chi connectivity index (χ1n) is 21.7. The Morgan fingerprint density at radius 1 is 0.696 bits per heavy atom. The van der Waals surface area contributed by atoms with Crippen molar-refractivity contribution < 1.29 is 34.6 Å². The van der Waals surface area contributed by atoms with Gasteiger partial charge in [-0.1, -0.05) is 35.3 Å². The van der Waals surface area contributed by atoms with Crippen molar-refractivity contribution in [1.29, 1.82) is 0 Å². The molecule has 0 amide bonds. The van der Waals surface area contributed by atoms with Crippen LogP contribution < -0.4 is 15.2 Å². The average Bonchev–Trinajstić information content (AvgIpc) is 4.10. The molecule has 2 unspecified atom stereocenters. The van der Waals surface area contributed by atoms with Crippen molar-refractivity contribution in [3.8, 4) is 22.8 Å². The van der Waals surface area contributed by atoms with Gasteiger partial charge in [0.05, 0.1) is 29.5 Å². The molecule has 5 N–H and O–H groups in total. The van der Waals surface area contributed by atoms with Gasteiger partial charge in [-0.15, -0.1) is 0 Å². The minimum Gasteiger partial charge on any atom is -0.367 e.